The molecule has 0 aliphatic carbocycles. The second kappa shape index (κ2) is 8.03. The SMILES string of the molecule is Cc1cccc(N2CCN(C(=O)c3cccnc3SC(F)F)CC2)c1C. The number of pyridine rings is 1. The molecule has 0 unspecified atom stereocenters. The largest absolute Gasteiger partial charge is 0.368 e. The van der Waals surface area contributed by atoms with E-state index in [0.29, 0.717) is 37.9 Å². The topological polar surface area (TPSA) is 36.4 Å². The van der Waals surface area contributed by atoms with Crippen LogP contribution in [-0.2, 0) is 0 Å². The highest BCUT2D eigenvalue weighted by molar-refractivity contribution is 7.99. The Morgan fingerprint density at radius 2 is 1.85 bits per heavy atom. The third-order valence-electron chi connectivity index (χ3n) is 4.69. The van der Waals surface area contributed by atoms with Crippen LogP contribution in [-0.4, -0.2) is 47.7 Å². The number of aryl methyl sites for hydroxylation is 1. The van der Waals surface area contributed by atoms with Crippen LogP contribution in [0.15, 0.2) is 41.6 Å². The van der Waals surface area contributed by atoms with Gasteiger partial charge in [-0.3, -0.25) is 4.79 Å². The van der Waals surface area contributed by atoms with Crippen LogP contribution in [0.4, 0.5) is 14.5 Å². The highest BCUT2D eigenvalue weighted by Gasteiger charge is 2.26. The number of aromatic nitrogens is 1. The van der Waals surface area contributed by atoms with Gasteiger partial charge in [0, 0.05) is 38.1 Å². The number of carbonyl (C=O) groups excluding carboxylic acids is 1. The summed E-state index contributed by atoms with van der Waals surface area (Å²) in [6.45, 7) is 6.73. The highest BCUT2D eigenvalue weighted by Crippen LogP contribution is 2.28. The lowest BCUT2D eigenvalue weighted by Crippen LogP contribution is -2.49. The van der Waals surface area contributed by atoms with E-state index in [0.717, 1.165) is 0 Å². The predicted molar refractivity (Wildman–Crippen MR) is 100 cm³/mol. The number of rotatable bonds is 4. The van der Waals surface area contributed by atoms with Crippen molar-refractivity contribution in [3.8, 4) is 0 Å². The summed E-state index contributed by atoms with van der Waals surface area (Å²) < 4.78 is 25.4. The maximum absolute atomic E-state index is 12.8. The number of hydrogen-bond acceptors (Lipinski definition) is 4. The van der Waals surface area contributed by atoms with E-state index in [-0.39, 0.29) is 16.5 Å². The number of hydrogen-bond donors (Lipinski definition) is 0. The first kappa shape index (κ1) is 18.6. The van der Waals surface area contributed by atoms with Crippen LogP contribution < -0.4 is 4.90 Å². The van der Waals surface area contributed by atoms with Gasteiger partial charge in [-0.1, -0.05) is 12.1 Å². The molecule has 138 valence electrons. The third kappa shape index (κ3) is 3.98. The molecule has 1 amide bonds. The van der Waals surface area contributed by atoms with E-state index in [1.807, 2.05) is 6.07 Å². The molecule has 4 nitrogen and oxygen atoms in total. The molecule has 0 saturated carbocycles. The number of halogens is 2. The van der Waals surface area contributed by atoms with Gasteiger partial charge in [0.25, 0.3) is 11.7 Å². The number of benzene rings is 1. The fourth-order valence-electron chi connectivity index (χ4n) is 3.13. The van der Waals surface area contributed by atoms with E-state index in [9.17, 15) is 13.6 Å². The molecule has 3 rings (SSSR count). The molecule has 1 saturated heterocycles. The van der Waals surface area contributed by atoms with Crippen LogP contribution in [0.2, 0.25) is 0 Å². The average Bonchev–Trinajstić information content (AvgIpc) is 2.64. The molecule has 1 aromatic carbocycles. The number of piperazine rings is 1. The van der Waals surface area contributed by atoms with Crippen molar-refractivity contribution in [2.75, 3.05) is 31.1 Å². The van der Waals surface area contributed by atoms with Crippen LogP contribution in [0.5, 0.6) is 0 Å². The zero-order valence-corrected chi connectivity index (χ0v) is 15.6. The lowest BCUT2D eigenvalue weighted by atomic mass is 10.1. The molecule has 0 spiro atoms. The van der Waals surface area contributed by atoms with Crippen LogP contribution in [0.25, 0.3) is 0 Å². The minimum atomic E-state index is -2.60. The van der Waals surface area contributed by atoms with Crippen molar-refractivity contribution in [1.29, 1.82) is 0 Å². The van der Waals surface area contributed by atoms with E-state index < -0.39 is 5.76 Å². The first-order valence-corrected chi connectivity index (χ1v) is 9.35. The van der Waals surface area contributed by atoms with Crippen LogP contribution in [0.3, 0.4) is 0 Å². The fraction of sp³-hybridized carbons (Fsp3) is 0.368. The van der Waals surface area contributed by atoms with Crippen molar-refractivity contribution in [3.05, 3.63) is 53.2 Å². The first-order valence-electron chi connectivity index (χ1n) is 8.47. The van der Waals surface area contributed by atoms with Gasteiger partial charge in [-0.05, 0) is 54.9 Å². The molecular formula is C19H21F2N3OS. The van der Waals surface area contributed by atoms with E-state index in [1.54, 1.807) is 17.0 Å². The number of carbonyl (C=O) groups is 1. The van der Waals surface area contributed by atoms with Gasteiger partial charge in [0.15, 0.2) is 0 Å². The second-order valence-electron chi connectivity index (χ2n) is 6.23. The molecule has 7 heteroatoms. The lowest BCUT2D eigenvalue weighted by Gasteiger charge is -2.37. The van der Waals surface area contributed by atoms with Crippen molar-refractivity contribution in [2.45, 2.75) is 24.6 Å². The van der Waals surface area contributed by atoms with E-state index in [2.05, 4.69) is 35.9 Å². The zero-order chi connectivity index (χ0) is 18.7. The van der Waals surface area contributed by atoms with Gasteiger partial charge in [-0.15, -0.1) is 0 Å². The molecule has 1 aromatic heterocycles. The molecule has 1 aliphatic heterocycles. The third-order valence-corrected chi connectivity index (χ3v) is 5.41. The Hall–Kier alpha value is -2.15. The Morgan fingerprint density at radius 3 is 2.54 bits per heavy atom. The van der Waals surface area contributed by atoms with Crippen LogP contribution in [0, 0.1) is 13.8 Å². The minimum Gasteiger partial charge on any atom is -0.368 e. The van der Waals surface area contributed by atoms with Crippen LogP contribution in [0.1, 0.15) is 21.5 Å². The zero-order valence-electron chi connectivity index (χ0n) is 14.8. The summed E-state index contributed by atoms with van der Waals surface area (Å²) in [7, 11) is 0. The summed E-state index contributed by atoms with van der Waals surface area (Å²) >= 11 is 0.316. The molecule has 0 bridgehead atoms. The first-order chi connectivity index (χ1) is 12.5. The van der Waals surface area contributed by atoms with Crippen molar-refractivity contribution in [3.63, 3.8) is 0 Å². The Morgan fingerprint density at radius 1 is 1.12 bits per heavy atom. The Balaban J connectivity index is 1.70. The maximum atomic E-state index is 12.8. The van der Waals surface area contributed by atoms with E-state index in [1.165, 1.54) is 23.0 Å². The molecule has 0 N–H and O–H groups in total. The van der Waals surface area contributed by atoms with E-state index in [4.69, 9.17) is 0 Å². The summed E-state index contributed by atoms with van der Waals surface area (Å²) in [6, 6.07) is 9.40. The molecule has 2 aromatic rings. The van der Waals surface area contributed by atoms with Crippen molar-refractivity contribution >= 4 is 23.4 Å². The quantitative estimate of drug-likeness (QED) is 0.756. The van der Waals surface area contributed by atoms with Gasteiger partial charge in [0.05, 0.1) is 5.56 Å². The smallest absolute Gasteiger partial charge is 0.290 e. The molecule has 26 heavy (non-hydrogen) atoms. The second-order valence-corrected chi connectivity index (χ2v) is 7.21. The molecule has 2 heterocycles. The molecule has 1 aliphatic rings. The van der Waals surface area contributed by atoms with Crippen molar-refractivity contribution < 1.29 is 13.6 Å². The van der Waals surface area contributed by atoms with Gasteiger partial charge in [0.1, 0.15) is 5.03 Å². The monoisotopic (exact) mass is 377 g/mol. The summed E-state index contributed by atoms with van der Waals surface area (Å²) in [5.74, 6) is -2.83. The minimum absolute atomic E-state index is 0.0875. The lowest BCUT2D eigenvalue weighted by molar-refractivity contribution is 0.0742. The Kier molecular flexibility index (Phi) is 5.76. The fourth-order valence-corrected chi connectivity index (χ4v) is 3.70. The van der Waals surface area contributed by atoms with Gasteiger partial charge >= 0.3 is 0 Å². The maximum Gasteiger partial charge on any atom is 0.290 e. The van der Waals surface area contributed by atoms with Crippen molar-refractivity contribution in [2.24, 2.45) is 0 Å². The van der Waals surface area contributed by atoms with Gasteiger partial charge in [-0.25, -0.2) is 4.98 Å². The average molecular weight is 377 g/mol. The summed E-state index contributed by atoms with van der Waals surface area (Å²) in [4.78, 5) is 20.7. The normalized spacial score (nSPS) is 14.8. The molecule has 0 atom stereocenters. The number of anilines is 1. The van der Waals surface area contributed by atoms with E-state index >= 15 is 0 Å². The summed E-state index contributed by atoms with van der Waals surface area (Å²) in [5, 5.41) is 0.0875. The van der Waals surface area contributed by atoms with Gasteiger partial charge < -0.3 is 9.80 Å². The predicted octanol–water partition coefficient (Wildman–Crippen LogP) is 3.98. The summed E-state index contributed by atoms with van der Waals surface area (Å²) in [6.07, 6.45) is 1.43. The number of alkyl halides is 2. The Labute approximate surface area is 156 Å². The standard InChI is InChI=1S/C19H21F2N3OS/c1-13-5-3-7-16(14(13)2)23-9-11-24(12-10-23)18(25)15-6-4-8-22-17(15)26-19(20)21/h3-8,19H,9-12H2,1-2H3. The highest BCUT2D eigenvalue weighted by atomic mass is 32.2. The molecule has 1 fully saturated rings. The van der Waals surface area contributed by atoms with Crippen LogP contribution >= 0.6 is 11.8 Å². The van der Waals surface area contributed by atoms with Gasteiger partial charge in [-0.2, -0.15) is 8.78 Å². The molecule has 0 radical (unpaired) electrons. The van der Waals surface area contributed by atoms with Gasteiger partial charge in [0.2, 0.25) is 0 Å². The van der Waals surface area contributed by atoms with Crippen molar-refractivity contribution in [1.82, 2.24) is 9.88 Å². The number of amides is 1. The Bertz CT molecular complexity index is 792. The number of thioether (sulfide) groups is 1. The summed E-state index contributed by atoms with van der Waals surface area (Å²) in [5.41, 5.74) is 3.92. The molecular weight excluding hydrogens is 356 g/mol. The number of nitrogens with zero attached hydrogens (tertiary/aromatic N) is 3.